The molecule has 0 bridgehead atoms. The number of carbonyl (C=O) groups excluding carboxylic acids is 3. The van der Waals surface area contributed by atoms with E-state index in [1.165, 1.54) is 17.9 Å². The summed E-state index contributed by atoms with van der Waals surface area (Å²) >= 11 is 0. The van der Waals surface area contributed by atoms with Crippen molar-refractivity contribution in [2.45, 2.75) is 20.3 Å². The summed E-state index contributed by atoms with van der Waals surface area (Å²) in [5.41, 5.74) is 0.824. The van der Waals surface area contributed by atoms with Gasteiger partial charge >= 0.3 is 5.97 Å². The molecule has 7 nitrogen and oxygen atoms in total. The third-order valence-electron chi connectivity index (χ3n) is 3.47. The molecular formula is C19H26N2O5. The maximum Gasteiger partial charge on any atom is 0.307 e. The minimum absolute atomic E-state index is 0.104. The Bertz CT molecular complexity index is 643. The number of hydrogen-bond donors (Lipinski definition) is 1. The van der Waals surface area contributed by atoms with E-state index in [9.17, 15) is 14.4 Å². The Morgan fingerprint density at radius 3 is 2.65 bits per heavy atom. The van der Waals surface area contributed by atoms with Gasteiger partial charge < -0.3 is 19.7 Å². The van der Waals surface area contributed by atoms with Gasteiger partial charge in [-0.05, 0) is 30.7 Å². The van der Waals surface area contributed by atoms with Crippen molar-refractivity contribution >= 4 is 23.9 Å². The first-order valence-electron chi connectivity index (χ1n) is 8.47. The van der Waals surface area contributed by atoms with Crippen LogP contribution in [0.2, 0.25) is 0 Å². The molecule has 0 aliphatic rings. The fourth-order valence-electron chi connectivity index (χ4n) is 2.18. The number of nitrogens with zero attached hydrogens (tertiary/aromatic N) is 1. The molecule has 1 N–H and O–H groups in total. The lowest BCUT2D eigenvalue weighted by Gasteiger charge is -2.21. The van der Waals surface area contributed by atoms with Crippen molar-refractivity contribution < 1.29 is 23.9 Å². The maximum absolute atomic E-state index is 12.5. The summed E-state index contributed by atoms with van der Waals surface area (Å²) < 4.78 is 10.0. The fraction of sp³-hybridized carbons (Fsp3) is 0.421. The Hall–Kier alpha value is -2.83. The molecule has 0 atom stereocenters. The van der Waals surface area contributed by atoms with Gasteiger partial charge in [0.05, 0.1) is 20.1 Å². The van der Waals surface area contributed by atoms with Crippen LogP contribution in [0.4, 0.5) is 0 Å². The number of rotatable bonds is 10. The van der Waals surface area contributed by atoms with E-state index < -0.39 is 0 Å². The van der Waals surface area contributed by atoms with Crippen LogP contribution in [0.3, 0.4) is 0 Å². The zero-order chi connectivity index (χ0) is 19.4. The van der Waals surface area contributed by atoms with Crippen LogP contribution >= 0.6 is 0 Å². The molecule has 0 radical (unpaired) electrons. The highest BCUT2D eigenvalue weighted by molar-refractivity contribution is 5.92. The Labute approximate surface area is 154 Å². The molecule has 1 aromatic carbocycles. The van der Waals surface area contributed by atoms with E-state index in [4.69, 9.17) is 9.47 Å². The average molecular weight is 362 g/mol. The van der Waals surface area contributed by atoms with E-state index in [1.54, 1.807) is 20.1 Å². The quantitative estimate of drug-likeness (QED) is 0.505. The van der Waals surface area contributed by atoms with Gasteiger partial charge in [-0.3, -0.25) is 14.4 Å². The molecule has 1 aromatic rings. The third kappa shape index (κ3) is 8.32. The molecule has 0 aromatic heterocycles. The normalized spacial score (nSPS) is 10.4. The van der Waals surface area contributed by atoms with Crippen LogP contribution in [0.1, 0.15) is 25.8 Å². The van der Waals surface area contributed by atoms with Gasteiger partial charge in [-0.25, -0.2) is 0 Å². The minimum atomic E-state index is -0.360. The summed E-state index contributed by atoms with van der Waals surface area (Å²) in [4.78, 5) is 36.5. The smallest absolute Gasteiger partial charge is 0.307 e. The predicted octanol–water partition coefficient (Wildman–Crippen LogP) is 1.63. The van der Waals surface area contributed by atoms with Gasteiger partial charge in [-0.1, -0.05) is 12.1 Å². The highest BCUT2D eigenvalue weighted by Gasteiger charge is 2.13. The van der Waals surface area contributed by atoms with Gasteiger partial charge in [0.15, 0.2) is 0 Å². The van der Waals surface area contributed by atoms with Crippen molar-refractivity contribution in [1.29, 1.82) is 0 Å². The molecule has 0 unspecified atom stereocenters. The SMILES string of the molecule is CCOC(=O)CCN(CCNC(C)=O)C(=O)/C=C/c1cccc(OC)c1. The lowest BCUT2D eigenvalue weighted by atomic mass is 10.2. The second kappa shape index (κ2) is 11.7. The van der Waals surface area contributed by atoms with Gasteiger partial charge in [0.25, 0.3) is 0 Å². The summed E-state index contributed by atoms with van der Waals surface area (Å²) in [6.45, 7) is 4.28. The highest BCUT2D eigenvalue weighted by atomic mass is 16.5. The highest BCUT2D eigenvalue weighted by Crippen LogP contribution is 2.13. The van der Waals surface area contributed by atoms with Crippen molar-refractivity contribution in [3.63, 3.8) is 0 Å². The molecule has 0 aliphatic carbocycles. The van der Waals surface area contributed by atoms with E-state index in [2.05, 4.69) is 5.32 Å². The molecule has 0 saturated heterocycles. The zero-order valence-corrected chi connectivity index (χ0v) is 15.5. The van der Waals surface area contributed by atoms with Crippen LogP contribution in [0, 0.1) is 0 Å². The largest absolute Gasteiger partial charge is 0.497 e. The topological polar surface area (TPSA) is 84.9 Å². The van der Waals surface area contributed by atoms with Crippen molar-refractivity contribution in [2.75, 3.05) is 33.4 Å². The number of methoxy groups -OCH3 is 1. The molecule has 0 fully saturated rings. The predicted molar refractivity (Wildman–Crippen MR) is 98.5 cm³/mol. The van der Waals surface area contributed by atoms with E-state index in [0.717, 1.165) is 5.56 Å². The van der Waals surface area contributed by atoms with Crippen LogP contribution < -0.4 is 10.1 Å². The summed E-state index contributed by atoms with van der Waals surface area (Å²) in [5, 5.41) is 2.64. The maximum atomic E-state index is 12.5. The number of nitrogens with one attached hydrogen (secondary N) is 1. The van der Waals surface area contributed by atoms with Gasteiger partial charge in [-0.2, -0.15) is 0 Å². The lowest BCUT2D eigenvalue weighted by molar-refractivity contribution is -0.143. The molecule has 0 heterocycles. The van der Waals surface area contributed by atoms with Crippen LogP contribution in [-0.2, 0) is 19.1 Å². The summed E-state index contributed by atoms with van der Waals surface area (Å²) in [6.07, 6.45) is 3.22. The molecular weight excluding hydrogens is 336 g/mol. The second-order valence-corrected chi connectivity index (χ2v) is 5.47. The molecule has 1 rings (SSSR count). The monoisotopic (exact) mass is 362 g/mol. The number of benzene rings is 1. The summed E-state index contributed by atoms with van der Waals surface area (Å²) in [5.74, 6) is -0.0804. The average Bonchev–Trinajstić information content (AvgIpc) is 2.62. The van der Waals surface area contributed by atoms with Crippen LogP contribution in [0.5, 0.6) is 5.75 Å². The Morgan fingerprint density at radius 2 is 2.00 bits per heavy atom. The summed E-state index contributed by atoms with van der Waals surface area (Å²) in [6, 6.07) is 7.31. The minimum Gasteiger partial charge on any atom is -0.497 e. The van der Waals surface area contributed by atoms with E-state index in [-0.39, 0.29) is 30.7 Å². The number of carbonyl (C=O) groups is 3. The van der Waals surface area contributed by atoms with E-state index in [0.29, 0.717) is 25.4 Å². The molecule has 7 heteroatoms. The Morgan fingerprint density at radius 1 is 1.23 bits per heavy atom. The van der Waals surface area contributed by atoms with Gasteiger partial charge in [0.2, 0.25) is 11.8 Å². The Balaban J connectivity index is 2.72. The molecule has 0 spiro atoms. The van der Waals surface area contributed by atoms with Crippen molar-refractivity contribution in [3.8, 4) is 5.75 Å². The second-order valence-electron chi connectivity index (χ2n) is 5.47. The fourth-order valence-corrected chi connectivity index (χ4v) is 2.18. The molecule has 0 aliphatic heterocycles. The van der Waals surface area contributed by atoms with E-state index >= 15 is 0 Å². The van der Waals surface area contributed by atoms with Crippen molar-refractivity contribution in [1.82, 2.24) is 10.2 Å². The van der Waals surface area contributed by atoms with Crippen molar-refractivity contribution in [2.24, 2.45) is 0 Å². The number of ether oxygens (including phenoxy) is 2. The Kier molecular flexibility index (Phi) is 9.53. The zero-order valence-electron chi connectivity index (χ0n) is 15.5. The standard InChI is InChI=1S/C19H26N2O5/c1-4-26-19(24)10-12-21(13-11-20-15(2)22)18(23)9-8-16-6-5-7-17(14-16)25-3/h5-9,14H,4,10-13H2,1-3H3,(H,20,22)/b9-8+. The summed E-state index contributed by atoms with van der Waals surface area (Å²) in [7, 11) is 1.58. The number of hydrogen-bond acceptors (Lipinski definition) is 5. The van der Waals surface area contributed by atoms with Crippen molar-refractivity contribution in [3.05, 3.63) is 35.9 Å². The molecule has 2 amide bonds. The first-order chi connectivity index (χ1) is 12.5. The van der Waals surface area contributed by atoms with E-state index in [1.807, 2.05) is 24.3 Å². The first-order valence-corrected chi connectivity index (χ1v) is 8.47. The number of amides is 2. The molecule has 26 heavy (non-hydrogen) atoms. The lowest BCUT2D eigenvalue weighted by Crippen LogP contribution is -2.38. The molecule has 0 saturated carbocycles. The van der Waals surface area contributed by atoms with Crippen LogP contribution in [0.25, 0.3) is 6.08 Å². The third-order valence-corrected chi connectivity index (χ3v) is 3.47. The van der Waals surface area contributed by atoms with Crippen LogP contribution in [-0.4, -0.2) is 56.0 Å². The van der Waals surface area contributed by atoms with Gasteiger partial charge in [-0.15, -0.1) is 0 Å². The van der Waals surface area contributed by atoms with Gasteiger partial charge in [0.1, 0.15) is 5.75 Å². The van der Waals surface area contributed by atoms with Gasteiger partial charge in [0, 0.05) is 32.6 Å². The molecule has 142 valence electrons. The van der Waals surface area contributed by atoms with Crippen LogP contribution in [0.15, 0.2) is 30.3 Å². The number of esters is 1. The first kappa shape index (κ1) is 21.2.